The maximum Gasteiger partial charge on any atom is 0.389 e. The van der Waals surface area contributed by atoms with Crippen LogP contribution in [0.3, 0.4) is 0 Å². The fraction of sp³-hybridized carbons (Fsp3) is 0.700. The van der Waals surface area contributed by atoms with E-state index in [1.54, 1.807) is 6.07 Å². The zero-order valence-corrected chi connectivity index (χ0v) is 17.2. The number of nitrogens with one attached hydrogen (secondary N) is 1. The number of benzene rings is 1. The zero-order chi connectivity index (χ0) is 21.3. The van der Waals surface area contributed by atoms with E-state index in [0.717, 1.165) is 19.3 Å². The first-order valence-corrected chi connectivity index (χ1v) is 11.8. The van der Waals surface area contributed by atoms with Crippen molar-refractivity contribution in [1.82, 2.24) is 5.32 Å². The van der Waals surface area contributed by atoms with E-state index in [-0.39, 0.29) is 5.75 Å². The highest BCUT2D eigenvalue weighted by atomic mass is 32.2. The van der Waals surface area contributed by atoms with Crippen molar-refractivity contribution in [2.45, 2.75) is 81.5 Å². The Kier molecular flexibility index (Phi) is 6.48. The summed E-state index contributed by atoms with van der Waals surface area (Å²) in [6.07, 6.45) is -1.69. The number of hydrogen-bond donors (Lipinski definition) is 1. The molecule has 29 heavy (non-hydrogen) atoms. The van der Waals surface area contributed by atoms with Gasteiger partial charge in [0.25, 0.3) is 0 Å². The Labute approximate surface area is 168 Å². The first-order valence-electron chi connectivity index (χ1n) is 10.1. The van der Waals surface area contributed by atoms with Crippen LogP contribution in [-0.4, -0.2) is 37.4 Å². The molecule has 1 aromatic carbocycles. The first kappa shape index (κ1) is 22.3. The molecule has 1 fully saturated rings. The average molecular weight is 437 g/mol. The zero-order valence-electron chi connectivity index (χ0n) is 16.4. The quantitative estimate of drug-likeness (QED) is 0.665. The molecule has 4 nitrogen and oxygen atoms in total. The molecule has 0 saturated heterocycles. The van der Waals surface area contributed by atoms with E-state index in [0.29, 0.717) is 30.6 Å². The Morgan fingerprint density at radius 3 is 2.55 bits per heavy atom. The van der Waals surface area contributed by atoms with Crippen molar-refractivity contribution in [3.05, 3.63) is 29.6 Å². The molecule has 0 amide bonds. The predicted octanol–water partition coefficient (Wildman–Crippen LogP) is 4.53. The van der Waals surface area contributed by atoms with E-state index in [1.807, 2.05) is 0 Å². The van der Waals surface area contributed by atoms with Crippen molar-refractivity contribution in [3.8, 4) is 5.75 Å². The Balaban J connectivity index is 1.91. The highest BCUT2D eigenvalue weighted by Gasteiger charge is 2.47. The normalized spacial score (nSPS) is 22.7. The number of sulfone groups is 1. The lowest BCUT2D eigenvalue weighted by atomic mass is 9.75. The minimum Gasteiger partial charge on any atom is -0.485 e. The van der Waals surface area contributed by atoms with Crippen molar-refractivity contribution in [3.63, 3.8) is 0 Å². The van der Waals surface area contributed by atoms with Crippen molar-refractivity contribution < 1.29 is 30.7 Å². The molecule has 164 valence electrons. The van der Waals surface area contributed by atoms with Crippen LogP contribution >= 0.6 is 0 Å². The Morgan fingerprint density at radius 2 is 1.93 bits per heavy atom. The Bertz CT molecular complexity index is 820. The molecule has 1 aliphatic carbocycles. The smallest absolute Gasteiger partial charge is 0.389 e. The van der Waals surface area contributed by atoms with Gasteiger partial charge < -0.3 is 4.74 Å². The number of rotatable bonds is 6. The van der Waals surface area contributed by atoms with Gasteiger partial charge in [-0.05, 0) is 62.3 Å². The van der Waals surface area contributed by atoms with Gasteiger partial charge in [-0.15, -0.1) is 0 Å². The fourth-order valence-electron chi connectivity index (χ4n) is 4.40. The van der Waals surface area contributed by atoms with Gasteiger partial charge in [0.05, 0.1) is 6.04 Å². The summed E-state index contributed by atoms with van der Waals surface area (Å²) in [5.74, 6) is -0.119. The van der Waals surface area contributed by atoms with E-state index < -0.39 is 51.7 Å². The van der Waals surface area contributed by atoms with Gasteiger partial charge in [-0.3, -0.25) is 5.32 Å². The van der Waals surface area contributed by atoms with Crippen LogP contribution in [0.25, 0.3) is 0 Å². The molecule has 1 heterocycles. The summed E-state index contributed by atoms with van der Waals surface area (Å²) in [6, 6.07) is 3.73. The van der Waals surface area contributed by atoms with Crippen molar-refractivity contribution in [2.75, 3.05) is 5.75 Å². The highest BCUT2D eigenvalue weighted by molar-refractivity contribution is 7.91. The molecule has 1 saturated carbocycles. The third kappa shape index (κ3) is 5.23. The number of hydrogen-bond acceptors (Lipinski definition) is 4. The molecule has 2 atom stereocenters. The third-order valence-electron chi connectivity index (χ3n) is 6.01. The van der Waals surface area contributed by atoms with Crippen LogP contribution in [0.4, 0.5) is 17.6 Å². The fourth-order valence-corrected chi connectivity index (χ4v) is 5.65. The maximum atomic E-state index is 13.7. The summed E-state index contributed by atoms with van der Waals surface area (Å²) in [4.78, 5) is 0. The minimum absolute atomic E-state index is 0.256. The van der Waals surface area contributed by atoms with E-state index in [2.05, 4.69) is 5.32 Å². The van der Waals surface area contributed by atoms with Gasteiger partial charge >= 0.3 is 6.18 Å². The lowest BCUT2D eigenvalue weighted by Crippen LogP contribution is -2.62. The van der Waals surface area contributed by atoms with E-state index >= 15 is 0 Å². The van der Waals surface area contributed by atoms with Gasteiger partial charge in [-0.1, -0.05) is 13.3 Å². The molecule has 0 bridgehead atoms. The van der Waals surface area contributed by atoms with Gasteiger partial charge in [0.1, 0.15) is 22.5 Å². The highest BCUT2D eigenvalue weighted by Crippen LogP contribution is 2.42. The average Bonchev–Trinajstić information content (AvgIpc) is 2.65. The summed E-state index contributed by atoms with van der Waals surface area (Å²) >= 11 is 0. The molecular weight excluding hydrogens is 410 g/mol. The van der Waals surface area contributed by atoms with Crippen LogP contribution in [-0.2, 0) is 16.3 Å². The second-order valence-electron chi connectivity index (χ2n) is 8.00. The molecule has 1 spiro atoms. The number of ether oxygens (including phenoxy) is 1. The Hall–Kier alpha value is -1.35. The van der Waals surface area contributed by atoms with Crippen LogP contribution in [0.15, 0.2) is 18.2 Å². The summed E-state index contributed by atoms with van der Waals surface area (Å²) in [6.45, 7) is 1.43. The largest absolute Gasteiger partial charge is 0.485 e. The number of fused-ring (bicyclic) bond motifs is 1. The summed E-state index contributed by atoms with van der Waals surface area (Å²) in [5.41, 5.74) is -0.0924. The number of alkyl halides is 3. The molecule has 3 rings (SSSR count). The van der Waals surface area contributed by atoms with Gasteiger partial charge in [0, 0.05) is 12.2 Å². The molecule has 0 aromatic heterocycles. The van der Waals surface area contributed by atoms with Gasteiger partial charge in [-0.2, -0.15) is 13.2 Å². The minimum atomic E-state index is -4.44. The van der Waals surface area contributed by atoms with Crippen molar-refractivity contribution in [2.24, 2.45) is 0 Å². The van der Waals surface area contributed by atoms with Gasteiger partial charge in [0.15, 0.2) is 9.84 Å². The molecule has 1 N–H and O–H groups in total. The lowest BCUT2D eigenvalue weighted by Gasteiger charge is -2.48. The molecule has 0 radical (unpaired) electrons. The lowest BCUT2D eigenvalue weighted by molar-refractivity contribution is -0.136. The van der Waals surface area contributed by atoms with E-state index in [4.69, 9.17) is 4.74 Å². The van der Waals surface area contributed by atoms with Crippen LogP contribution < -0.4 is 10.1 Å². The third-order valence-corrected chi connectivity index (χ3v) is 8.05. The topological polar surface area (TPSA) is 55.4 Å². The number of halogens is 4. The van der Waals surface area contributed by atoms with Crippen LogP contribution in [0.5, 0.6) is 5.75 Å². The second kappa shape index (κ2) is 8.41. The van der Waals surface area contributed by atoms with E-state index in [9.17, 15) is 26.0 Å². The molecule has 9 heteroatoms. The maximum absolute atomic E-state index is 13.7. The second-order valence-corrected chi connectivity index (χ2v) is 10.5. The standard InChI is InChI=1S/C20H27F4NO3S/c1-2-29(26,27)18(8-11-20(22,23)24)25-17-13-14-12-15(21)6-7-16(14)28-19(17)9-4-3-5-10-19/h6-7,12,17-18,25H,2-5,8-11,13H2,1H3. The van der Waals surface area contributed by atoms with Crippen molar-refractivity contribution in [1.29, 1.82) is 0 Å². The monoisotopic (exact) mass is 437 g/mol. The molecule has 1 aliphatic heterocycles. The van der Waals surface area contributed by atoms with Crippen LogP contribution in [0.1, 0.15) is 57.4 Å². The van der Waals surface area contributed by atoms with Crippen LogP contribution in [0.2, 0.25) is 0 Å². The van der Waals surface area contributed by atoms with E-state index in [1.165, 1.54) is 19.1 Å². The first-order chi connectivity index (χ1) is 13.5. The Morgan fingerprint density at radius 1 is 1.24 bits per heavy atom. The molecule has 2 unspecified atom stereocenters. The van der Waals surface area contributed by atoms with Gasteiger partial charge in [-0.25, -0.2) is 12.8 Å². The SMILES string of the molecule is CCS(=O)(=O)C(CCC(F)(F)F)NC1Cc2cc(F)ccc2OC12CCCCC2. The summed E-state index contributed by atoms with van der Waals surface area (Å²) in [7, 11) is -3.76. The predicted molar refractivity (Wildman–Crippen MR) is 102 cm³/mol. The van der Waals surface area contributed by atoms with Crippen LogP contribution in [0, 0.1) is 5.82 Å². The molecule has 2 aliphatic rings. The molecular formula is C20H27F4NO3S. The van der Waals surface area contributed by atoms with Gasteiger partial charge in [0.2, 0.25) is 0 Å². The molecule has 1 aromatic rings. The summed E-state index contributed by atoms with van der Waals surface area (Å²) in [5, 5.41) is 1.68. The van der Waals surface area contributed by atoms with Crippen molar-refractivity contribution >= 4 is 9.84 Å². The summed E-state index contributed by atoms with van der Waals surface area (Å²) < 4.78 is 83.4.